The minimum Gasteiger partial charge on any atom is -0.308 e. The number of thiophene rings is 1. The van der Waals surface area contributed by atoms with E-state index in [0.29, 0.717) is 0 Å². The van der Waals surface area contributed by atoms with Gasteiger partial charge in [-0.25, -0.2) is 0 Å². The highest BCUT2D eigenvalue weighted by Crippen LogP contribution is 2.49. The Morgan fingerprint density at radius 1 is 0.321 bits per heavy atom. The van der Waals surface area contributed by atoms with Gasteiger partial charge < -0.3 is 4.40 Å². The summed E-state index contributed by atoms with van der Waals surface area (Å²) >= 11 is 1.90. The van der Waals surface area contributed by atoms with Crippen molar-refractivity contribution < 1.29 is 0 Å². The highest BCUT2D eigenvalue weighted by molar-refractivity contribution is 7.26. The predicted octanol–water partition coefficient (Wildman–Crippen LogP) is 15.7. The van der Waals surface area contributed by atoms with Gasteiger partial charge in [0.25, 0.3) is 0 Å². The van der Waals surface area contributed by atoms with Crippen molar-refractivity contribution in [1.82, 2.24) is 4.40 Å². The van der Waals surface area contributed by atoms with Crippen LogP contribution in [0, 0.1) is 0 Å². The number of hydrogen-bond donors (Lipinski definition) is 0. The molecule has 0 aliphatic carbocycles. The third-order valence-electron chi connectivity index (χ3n) is 12.3. The predicted molar refractivity (Wildman–Crippen MR) is 244 cm³/mol. The lowest BCUT2D eigenvalue weighted by atomic mass is 9.84. The van der Waals surface area contributed by atoms with Crippen LogP contribution in [0.25, 0.3) is 124 Å². The molecule has 0 saturated heterocycles. The van der Waals surface area contributed by atoms with E-state index < -0.39 is 0 Å². The number of para-hydroxylation sites is 1. The molecule has 258 valence electrons. The van der Waals surface area contributed by atoms with Crippen molar-refractivity contribution in [1.29, 1.82) is 0 Å². The van der Waals surface area contributed by atoms with Crippen LogP contribution in [0.1, 0.15) is 0 Å². The van der Waals surface area contributed by atoms with Crippen LogP contribution < -0.4 is 0 Å². The molecule has 2 heteroatoms. The molecule has 10 aromatic carbocycles. The molecule has 56 heavy (non-hydrogen) atoms. The minimum atomic E-state index is 1.21. The van der Waals surface area contributed by atoms with Crippen LogP contribution >= 0.6 is 11.3 Å². The second-order valence-corrected chi connectivity index (χ2v) is 16.2. The summed E-state index contributed by atoms with van der Waals surface area (Å²) < 4.78 is 5.21. The molecule has 3 aromatic heterocycles. The molecule has 0 atom stereocenters. The van der Waals surface area contributed by atoms with Crippen LogP contribution in [0.15, 0.2) is 188 Å². The lowest BCUT2D eigenvalue weighted by Crippen LogP contribution is -1.91. The van der Waals surface area contributed by atoms with E-state index >= 15 is 0 Å². The molecule has 0 aliphatic rings. The van der Waals surface area contributed by atoms with E-state index in [1.54, 1.807) is 0 Å². The molecule has 1 nitrogen and oxygen atoms in total. The van der Waals surface area contributed by atoms with Crippen molar-refractivity contribution in [3.8, 4) is 22.3 Å². The Labute approximate surface area is 325 Å². The third-order valence-corrected chi connectivity index (χ3v) is 13.4. The van der Waals surface area contributed by atoms with Crippen LogP contribution in [0.4, 0.5) is 0 Å². The molecule has 0 saturated carbocycles. The topological polar surface area (TPSA) is 4.41 Å². The van der Waals surface area contributed by atoms with Gasteiger partial charge in [0.2, 0.25) is 0 Å². The van der Waals surface area contributed by atoms with Crippen molar-refractivity contribution in [2.45, 2.75) is 0 Å². The Bertz CT molecular complexity index is 3750. The Balaban J connectivity index is 1.21. The molecular weight excluding hydrogens is 695 g/mol. The summed E-state index contributed by atoms with van der Waals surface area (Å²) in [6, 6.07) is 70.3. The van der Waals surface area contributed by atoms with Gasteiger partial charge >= 0.3 is 0 Å². The molecule has 0 N–H and O–H groups in total. The smallest absolute Gasteiger partial charge is 0.0634 e. The molecule has 0 bridgehead atoms. The number of aromatic nitrogens is 1. The van der Waals surface area contributed by atoms with Crippen LogP contribution in [0.5, 0.6) is 0 Å². The molecule has 0 amide bonds. The van der Waals surface area contributed by atoms with Crippen molar-refractivity contribution in [2.75, 3.05) is 0 Å². The van der Waals surface area contributed by atoms with Gasteiger partial charge in [0.15, 0.2) is 0 Å². The van der Waals surface area contributed by atoms with Gasteiger partial charge in [-0.05, 0) is 101 Å². The monoisotopic (exact) mass is 725 g/mol. The van der Waals surface area contributed by atoms with Crippen molar-refractivity contribution in [3.63, 3.8) is 0 Å². The fourth-order valence-corrected chi connectivity index (χ4v) is 11.2. The van der Waals surface area contributed by atoms with Gasteiger partial charge in [-0.15, -0.1) is 11.3 Å². The van der Waals surface area contributed by atoms with E-state index in [1.165, 1.54) is 124 Å². The number of fused-ring (bicyclic) bond motifs is 11. The second-order valence-electron chi connectivity index (χ2n) is 15.1. The summed E-state index contributed by atoms with van der Waals surface area (Å²) in [5.41, 5.74) is 8.80. The highest BCUT2D eigenvalue weighted by Gasteiger charge is 2.22. The summed E-state index contributed by atoms with van der Waals surface area (Å²) in [6.45, 7) is 0. The molecule has 13 rings (SSSR count). The second kappa shape index (κ2) is 11.3. The first-order chi connectivity index (χ1) is 27.8. The SMILES string of the molecule is c1ccc2c(-c3c4ccccc4c(-c4ccc5c(c4)c4ccc6sc7cccc8c9ccccc9c9ccccc9n5c4c6c78)c4ccccc34)cccc2c1. The standard InChI is InChI=1S/C54H31NS/c1-2-15-34-32(13-1)14-11-23-38(34)51-42-21-7-5-19-40(42)50(41-20-6-8-22-43(41)51)33-27-29-47-45(31-33)44-28-30-49-53-52-39(24-12-26-48(52)56-49)36-17-4-3-16-35(36)37-18-9-10-25-46(37)55(47)54(44)53/h1-31H. The number of nitrogens with zero attached hydrogens (tertiary/aromatic N) is 1. The highest BCUT2D eigenvalue weighted by atomic mass is 32.1. The molecule has 0 radical (unpaired) electrons. The van der Waals surface area contributed by atoms with Gasteiger partial charge in [-0.2, -0.15) is 0 Å². The molecule has 13 aromatic rings. The fourth-order valence-electron chi connectivity index (χ4n) is 10.1. The van der Waals surface area contributed by atoms with Crippen LogP contribution in [-0.2, 0) is 0 Å². The Kier molecular flexibility index (Phi) is 6.11. The third kappa shape index (κ3) is 3.98. The summed E-state index contributed by atoms with van der Waals surface area (Å²) in [4.78, 5) is 0. The van der Waals surface area contributed by atoms with E-state index in [0.717, 1.165) is 0 Å². The number of benzene rings is 10. The molecule has 0 unspecified atom stereocenters. The maximum absolute atomic E-state index is 2.57. The Morgan fingerprint density at radius 3 is 1.64 bits per heavy atom. The number of rotatable bonds is 2. The summed E-state index contributed by atoms with van der Waals surface area (Å²) in [5.74, 6) is 0. The zero-order valence-corrected chi connectivity index (χ0v) is 31.1. The molecule has 3 heterocycles. The van der Waals surface area contributed by atoms with E-state index in [-0.39, 0.29) is 0 Å². The molecular formula is C54H31NS. The summed E-state index contributed by atoms with van der Waals surface area (Å²) in [5, 5.41) is 18.0. The van der Waals surface area contributed by atoms with E-state index in [9.17, 15) is 0 Å². The Morgan fingerprint density at radius 2 is 0.875 bits per heavy atom. The average molecular weight is 726 g/mol. The van der Waals surface area contributed by atoms with Gasteiger partial charge in [-0.1, -0.05) is 158 Å². The fraction of sp³-hybridized carbons (Fsp3) is 0. The number of hydrogen-bond acceptors (Lipinski definition) is 1. The first kappa shape index (κ1) is 30.3. The van der Waals surface area contributed by atoms with Gasteiger partial charge in [0.05, 0.1) is 16.6 Å². The quantitative estimate of drug-likeness (QED) is 0.156. The van der Waals surface area contributed by atoms with E-state index in [1.807, 2.05) is 11.3 Å². The first-order valence-corrected chi connectivity index (χ1v) is 20.2. The van der Waals surface area contributed by atoms with Gasteiger partial charge in [0.1, 0.15) is 0 Å². The van der Waals surface area contributed by atoms with E-state index in [4.69, 9.17) is 0 Å². The Hall–Kier alpha value is -7.00. The lowest BCUT2D eigenvalue weighted by molar-refractivity contribution is 1.36. The van der Waals surface area contributed by atoms with Crippen LogP contribution in [-0.4, -0.2) is 4.40 Å². The summed E-state index contributed by atoms with van der Waals surface area (Å²) in [7, 11) is 0. The lowest BCUT2D eigenvalue weighted by Gasteiger charge is -2.19. The molecule has 0 spiro atoms. The molecule has 0 aliphatic heterocycles. The summed E-state index contributed by atoms with van der Waals surface area (Å²) in [6.07, 6.45) is 0. The van der Waals surface area contributed by atoms with Gasteiger partial charge in [-0.3, -0.25) is 0 Å². The zero-order valence-electron chi connectivity index (χ0n) is 30.3. The molecule has 0 fully saturated rings. The van der Waals surface area contributed by atoms with Crippen molar-refractivity contribution in [2.24, 2.45) is 0 Å². The minimum absolute atomic E-state index is 1.21. The van der Waals surface area contributed by atoms with E-state index in [2.05, 4.69) is 192 Å². The average Bonchev–Trinajstić information content (AvgIpc) is 3.81. The largest absolute Gasteiger partial charge is 0.308 e. The van der Waals surface area contributed by atoms with Crippen molar-refractivity contribution in [3.05, 3.63) is 188 Å². The maximum Gasteiger partial charge on any atom is 0.0634 e. The van der Waals surface area contributed by atoms with Crippen LogP contribution in [0.2, 0.25) is 0 Å². The zero-order chi connectivity index (χ0) is 36.5. The van der Waals surface area contributed by atoms with Gasteiger partial charge in [0, 0.05) is 36.3 Å². The maximum atomic E-state index is 2.57. The normalized spacial score (nSPS) is 12.3. The van der Waals surface area contributed by atoms with Crippen molar-refractivity contribution >= 4 is 113 Å². The first-order valence-electron chi connectivity index (χ1n) is 19.4. The van der Waals surface area contributed by atoms with Crippen LogP contribution in [0.3, 0.4) is 0 Å².